The van der Waals surface area contributed by atoms with Gasteiger partial charge in [0.2, 0.25) is 0 Å². The molecule has 0 aliphatic heterocycles. The molecule has 0 N–H and O–H groups in total. The molecule has 0 radical (unpaired) electrons. The predicted octanol–water partition coefficient (Wildman–Crippen LogP) is 5.22. The van der Waals surface area contributed by atoms with Crippen LogP contribution in [0.2, 0.25) is 0 Å². The zero-order chi connectivity index (χ0) is 15.8. The van der Waals surface area contributed by atoms with Crippen molar-refractivity contribution >= 4 is 37.7 Å². The van der Waals surface area contributed by atoms with Crippen LogP contribution in [0.3, 0.4) is 0 Å². The van der Waals surface area contributed by atoms with Gasteiger partial charge < -0.3 is 4.74 Å². The quantitative estimate of drug-likeness (QED) is 0.361. The first-order valence-corrected chi connectivity index (χ1v) is 8.04. The summed E-state index contributed by atoms with van der Waals surface area (Å²) < 4.78 is 6.02. The van der Waals surface area contributed by atoms with Crippen molar-refractivity contribution in [2.45, 2.75) is 0 Å². The van der Waals surface area contributed by atoms with Crippen molar-refractivity contribution in [2.75, 3.05) is 7.11 Å². The van der Waals surface area contributed by atoms with Gasteiger partial charge >= 0.3 is 0 Å². The first-order valence-electron chi connectivity index (χ1n) is 7.25. The van der Waals surface area contributed by atoms with E-state index in [0.29, 0.717) is 0 Å². The Bertz CT molecular complexity index is 1010. The fourth-order valence-corrected chi connectivity index (χ4v) is 2.98. The van der Waals surface area contributed by atoms with Gasteiger partial charge in [0.25, 0.3) is 0 Å². The van der Waals surface area contributed by atoms with Crippen molar-refractivity contribution in [3.8, 4) is 17.0 Å². The van der Waals surface area contributed by atoms with Crippen LogP contribution in [0, 0.1) is 0 Å². The number of halogens is 1. The van der Waals surface area contributed by atoms with E-state index in [-0.39, 0.29) is 0 Å². The lowest BCUT2D eigenvalue weighted by Gasteiger charge is -2.07. The Labute approximate surface area is 142 Å². The number of aromatic nitrogens is 2. The maximum Gasteiger partial charge on any atom is 0.118 e. The highest BCUT2D eigenvalue weighted by Gasteiger charge is 2.07. The monoisotopic (exact) mass is 364 g/mol. The summed E-state index contributed by atoms with van der Waals surface area (Å²) in [5.74, 6) is 0.839. The Morgan fingerprint density at radius 1 is 0.739 bits per heavy atom. The molecular weight excluding hydrogens is 352 g/mol. The summed E-state index contributed by atoms with van der Waals surface area (Å²) in [5, 5.41) is 2.17. The van der Waals surface area contributed by atoms with Gasteiger partial charge in [0.1, 0.15) is 10.4 Å². The molecule has 0 fully saturated rings. The highest BCUT2D eigenvalue weighted by Crippen LogP contribution is 2.27. The van der Waals surface area contributed by atoms with E-state index in [1.807, 2.05) is 42.5 Å². The number of pyridine rings is 2. The van der Waals surface area contributed by atoms with Crippen LogP contribution in [0.25, 0.3) is 33.1 Å². The molecule has 23 heavy (non-hydrogen) atoms. The molecule has 0 spiro atoms. The van der Waals surface area contributed by atoms with Crippen LogP contribution in [0.5, 0.6) is 5.75 Å². The normalized spacial score (nSPS) is 11.0. The van der Waals surface area contributed by atoms with Crippen molar-refractivity contribution in [3.63, 3.8) is 0 Å². The minimum atomic E-state index is 0.814. The minimum absolute atomic E-state index is 0.814. The Morgan fingerprint density at radius 3 is 2.04 bits per heavy atom. The van der Waals surface area contributed by atoms with Crippen molar-refractivity contribution in [1.29, 1.82) is 0 Å². The first kappa shape index (κ1) is 14.2. The molecule has 4 rings (SSSR count). The van der Waals surface area contributed by atoms with Crippen LogP contribution in [0.1, 0.15) is 0 Å². The molecule has 2 aromatic carbocycles. The standard InChI is InChI=1S/C19H13BrN2O/c1-23-15-8-4-12(5-9-15)16-10-6-13-2-3-14-7-11-17(20)22-19(14)18(13)21-16/h2-11H,1H3. The van der Waals surface area contributed by atoms with Gasteiger partial charge in [-0.15, -0.1) is 0 Å². The molecule has 2 aromatic heterocycles. The molecule has 0 bridgehead atoms. The van der Waals surface area contributed by atoms with Gasteiger partial charge in [-0.3, -0.25) is 0 Å². The zero-order valence-corrected chi connectivity index (χ0v) is 14.0. The first-order chi connectivity index (χ1) is 11.2. The molecule has 0 saturated heterocycles. The summed E-state index contributed by atoms with van der Waals surface area (Å²) in [6, 6.07) is 20.2. The summed E-state index contributed by atoms with van der Waals surface area (Å²) in [6.45, 7) is 0. The van der Waals surface area contributed by atoms with E-state index in [1.54, 1.807) is 7.11 Å². The van der Waals surface area contributed by atoms with Crippen molar-refractivity contribution < 1.29 is 4.74 Å². The lowest BCUT2D eigenvalue weighted by Crippen LogP contribution is -1.89. The Morgan fingerprint density at radius 2 is 1.35 bits per heavy atom. The number of rotatable bonds is 2. The number of fused-ring (bicyclic) bond motifs is 3. The second kappa shape index (κ2) is 5.63. The number of methoxy groups -OCH3 is 1. The molecule has 112 valence electrons. The Balaban J connectivity index is 1.94. The number of nitrogens with zero attached hydrogens (tertiary/aromatic N) is 2. The largest absolute Gasteiger partial charge is 0.497 e. The summed E-state index contributed by atoms with van der Waals surface area (Å²) in [5.41, 5.74) is 3.80. The maximum absolute atomic E-state index is 5.21. The zero-order valence-electron chi connectivity index (χ0n) is 12.5. The van der Waals surface area contributed by atoms with Gasteiger partial charge in [0.05, 0.1) is 23.8 Å². The SMILES string of the molecule is COc1ccc(-c2ccc3ccc4ccc(Br)nc4c3n2)cc1. The molecular formula is C19H13BrN2O. The molecule has 3 nitrogen and oxygen atoms in total. The second-order valence-electron chi connectivity index (χ2n) is 5.27. The summed E-state index contributed by atoms with van der Waals surface area (Å²) in [7, 11) is 1.67. The molecule has 4 aromatic rings. The highest BCUT2D eigenvalue weighted by molar-refractivity contribution is 9.10. The number of benzene rings is 2. The average molecular weight is 365 g/mol. The number of ether oxygens (including phenoxy) is 1. The molecule has 0 amide bonds. The van der Waals surface area contributed by atoms with E-state index in [1.165, 1.54) is 0 Å². The Kier molecular flexibility index (Phi) is 3.46. The van der Waals surface area contributed by atoms with E-state index < -0.39 is 0 Å². The minimum Gasteiger partial charge on any atom is -0.497 e. The van der Waals surface area contributed by atoms with Crippen LogP contribution >= 0.6 is 15.9 Å². The Hall–Kier alpha value is -2.46. The fourth-order valence-electron chi connectivity index (χ4n) is 2.67. The highest BCUT2D eigenvalue weighted by atomic mass is 79.9. The van der Waals surface area contributed by atoms with E-state index in [9.17, 15) is 0 Å². The van der Waals surface area contributed by atoms with Crippen LogP contribution < -0.4 is 4.74 Å². The van der Waals surface area contributed by atoms with Crippen LogP contribution in [0.15, 0.2) is 65.3 Å². The van der Waals surface area contributed by atoms with E-state index in [2.05, 4.69) is 39.1 Å². The third-order valence-corrected chi connectivity index (χ3v) is 4.31. The van der Waals surface area contributed by atoms with E-state index in [0.717, 1.165) is 43.4 Å². The van der Waals surface area contributed by atoms with Gasteiger partial charge in [-0.25, -0.2) is 9.97 Å². The van der Waals surface area contributed by atoms with Crippen LogP contribution in [-0.4, -0.2) is 17.1 Å². The smallest absolute Gasteiger partial charge is 0.118 e. The third kappa shape index (κ3) is 2.55. The maximum atomic E-state index is 5.21. The lowest BCUT2D eigenvalue weighted by atomic mass is 10.1. The van der Waals surface area contributed by atoms with Crippen molar-refractivity contribution in [2.24, 2.45) is 0 Å². The molecule has 0 unspecified atom stereocenters. The van der Waals surface area contributed by atoms with Gasteiger partial charge in [-0.1, -0.05) is 24.3 Å². The molecule has 0 aliphatic rings. The summed E-state index contributed by atoms with van der Waals surface area (Å²) in [4.78, 5) is 9.45. The fraction of sp³-hybridized carbons (Fsp3) is 0.0526. The lowest BCUT2D eigenvalue weighted by molar-refractivity contribution is 0.415. The summed E-state index contributed by atoms with van der Waals surface area (Å²) in [6.07, 6.45) is 0. The molecule has 2 heterocycles. The van der Waals surface area contributed by atoms with Crippen LogP contribution in [0.4, 0.5) is 0 Å². The second-order valence-corrected chi connectivity index (χ2v) is 6.08. The van der Waals surface area contributed by atoms with Gasteiger partial charge in [-0.05, 0) is 52.3 Å². The van der Waals surface area contributed by atoms with Gasteiger partial charge in [0, 0.05) is 16.3 Å². The third-order valence-electron chi connectivity index (χ3n) is 3.87. The number of hydrogen-bond acceptors (Lipinski definition) is 3. The molecule has 0 saturated carbocycles. The topological polar surface area (TPSA) is 35.0 Å². The van der Waals surface area contributed by atoms with Gasteiger partial charge in [0.15, 0.2) is 0 Å². The molecule has 0 aliphatic carbocycles. The van der Waals surface area contributed by atoms with E-state index in [4.69, 9.17) is 9.72 Å². The van der Waals surface area contributed by atoms with Crippen LogP contribution in [-0.2, 0) is 0 Å². The van der Waals surface area contributed by atoms with Crippen molar-refractivity contribution in [3.05, 3.63) is 65.3 Å². The molecule has 0 atom stereocenters. The van der Waals surface area contributed by atoms with E-state index >= 15 is 0 Å². The average Bonchev–Trinajstić information content (AvgIpc) is 2.61. The predicted molar refractivity (Wildman–Crippen MR) is 96.7 cm³/mol. The molecule has 4 heteroatoms. The summed E-state index contributed by atoms with van der Waals surface area (Å²) >= 11 is 3.44. The van der Waals surface area contributed by atoms with Gasteiger partial charge in [-0.2, -0.15) is 0 Å². The van der Waals surface area contributed by atoms with Crippen molar-refractivity contribution in [1.82, 2.24) is 9.97 Å². The number of hydrogen-bond donors (Lipinski definition) is 0.